The van der Waals surface area contributed by atoms with E-state index in [2.05, 4.69) is 15.5 Å². The zero-order valence-electron chi connectivity index (χ0n) is 14.8. The monoisotopic (exact) mass is 407 g/mol. The number of carbonyl (C=O) groups excluding carboxylic acids is 1. The van der Waals surface area contributed by atoms with Gasteiger partial charge in [0.25, 0.3) is 5.91 Å². The Labute approximate surface area is 169 Å². The average Bonchev–Trinajstić information content (AvgIpc) is 3.26. The van der Waals surface area contributed by atoms with Gasteiger partial charge in [-0.2, -0.15) is 5.10 Å². The van der Waals surface area contributed by atoms with Crippen molar-refractivity contribution >= 4 is 34.6 Å². The van der Waals surface area contributed by atoms with E-state index in [0.29, 0.717) is 33.5 Å². The maximum Gasteiger partial charge on any atom is 0.272 e. The van der Waals surface area contributed by atoms with E-state index in [0.717, 1.165) is 0 Å². The number of hydrogen-bond donors (Lipinski definition) is 3. The number of fused-ring (bicyclic) bond motifs is 1. The van der Waals surface area contributed by atoms with Crippen molar-refractivity contribution in [2.45, 2.75) is 0 Å². The van der Waals surface area contributed by atoms with E-state index in [9.17, 15) is 15.0 Å². The summed E-state index contributed by atoms with van der Waals surface area (Å²) in [5.41, 5.74) is 4.41. The van der Waals surface area contributed by atoms with Crippen molar-refractivity contribution in [1.29, 1.82) is 0 Å². The fraction of sp³-hybridized carbons (Fsp3) is 0. The standard InChI is InChI=1S/C21H14ClN3O4/c22-15-8-12(9-18(26)20(15)27)11-23-25-21(28)14-10-17(19-6-3-7-29-19)24-16-5-2-1-4-13(14)16/h1-11,26-27H,(H,25,28)/b23-11+. The van der Waals surface area contributed by atoms with Gasteiger partial charge in [-0.25, -0.2) is 10.4 Å². The number of pyridine rings is 1. The fourth-order valence-corrected chi connectivity index (χ4v) is 3.04. The lowest BCUT2D eigenvalue weighted by Gasteiger charge is -2.07. The fourth-order valence-electron chi connectivity index (χ4n) is 2.82. The number of carbonyl (C=O) groups is 1. The van der Waals surface area contributed by atoms with Crippen molar-refractivity contribution in [3.63, 3.8) is 0 Å². The quantitative estimate of drug-likeness (QED) is 0.265. The summed E-state index contributed by atoms with van der Waals surface area (Å²) in [6.07, 6.45) is 2.84. The molecule has 0 saturated carbocycles. The molecule has 0 saturated heterocycles. The van der Waals surface area contributed by atoms with Gasteiger partial charge in [0.2, 0.25) is 0 Å². The number of nitrogens with one attached hydrogen (secondary N) is 1. The summed E-state index contributed by atoms with van der Waals surface area (Å²) in [6.45, 7) is 0. The molecule has 0 radical (unpaired) electrons. The summed E-state index contributed by atoms with van der Waals surface area (Å²) in [5, 5.41) is 23.6. The van der Waals surface area contributed by atoms with Gasteiger partial charge in [-0.3, -0.25) is 4.79 Å². The van der Waals surface area contributed by atoms with Crippen molar-refractivity contribution < 1.29 is 19.4 Å². The van der Waals surface area contributed by atoms with E-state index in [4.69, 9.17) is 16.0 Å². The molecule has 0 bridgehead atoms. The molecule has 3 N–H and O–H groups in total. The van der Waals surface area contributed by atoms with E-state index in [1.54, 1.807) is 24.3 Å². The third-order valence-electron chi connectivity index (χ3n) is 4.18. The lowest BCUT2D eigenvalue weighted by Crippen LogP contribution is -2.18. The molecular weight excluding hydrogens is 394 g/mol. The SMILES string of the molecule is O=C(N/N=C/c1cc(O)c(O)c(Cl)c1)c1cc(-c2ccco2)nc2ccccc12. The highest BCUT2D eigenvalue weighted by molar-refractivity contribution is 6.32. The highest BCUT2D eigenvalue weighted by atomic mass is 35.5. The minimum Gasteiger partial charge on any atom is -0.504 e. The molecule has 7 nitrogen and oxygen atoms in total. The number of halogens is 1. The Hall–Kier alpha value is -3.84. The molecule has 2 aromatic heterocycles. The smallest absolute Gasteiger partial charge is 0.272 e. The summed E-state index contributed by atoms with van der Waals surface area (Å²) in [4.78, 5) is 17.3. The van der Waals surface area contributed by atoms with Gasteiger partial charge < -0.3 is 14.6 Å². The highest BCUT2D eigenvalue weighted by Crippen LogP contribution is 2.33. The van der Waals surface area contributed by atoms with Crippen LogP contribution in [0.1, 0.15) is 15.9 Å². The Kier molecular flexibility index (Phi) is 4.88. The second-order valence-electron chi connectivity index (χ2n) is 6.12. The van der Waals surface area contributed by atoms with E-state index in [-0.39, 0.29) is 10.8 Å². The molecule has 2 heterocycles. The largest absolute Gasteiger partial charge is 0.504 e. The summed E-state index contributed by atoms with van der Waals surface area (Å²) in [7, 11) is 0. The maximum atomic E-state index is 12.8. The molecule has 4 rings (SSSR count). The number of para-hydroxylation sites is 1. The van der Waals surface area contributed by atoms with Crippen LogP contribution in [0, 0.1) is 0 Å². The summed E-state index contributed by atoms with van der Waals surface area (Å²) in [6, 6.07) is 15.1. The van der Waals surface area contributed by atoms with E-state index in [1.807, 2.05) is 18.2 Å². The maximum absolute atomic E-state index is 12.8. The van der Waals surface area contributed by atoms with Gasteiger partial charge in [-0.15, -0.1) is 0 Å². The third-order valence-corrected chi connectivity index (χ3v) is 4.47. The number of hydrazone groups is 1. The van der Waals surface area contributed by atoms with Crippen LogP contribution in [0.25, 0.3) is 22.4 Å². The van der Waals surface area contributed by atoms with Gasteiger partial charge in [-0.1, -0.05) is 29.8 Å². The van der Waals surface area contributed by atoms with Gasteiger partial charge in [0, 0.05) is 5.39 Å². The summed E-state index contributed by atoms with van der Waals surface area (Å²) in [5.74, 6) is -0.695. The van der Waals surface area contributed by atoms with Crippen molar-refractivity contribution in [3.8, 4) is 23.0 Å². The molecule has 0 aliphatic rings. The Morgan fingerprint density at radius 1 is 1.14 bits per heavy atom. The van der Waals surface area contributed by atoms with Crippen molar-refractivity contribution in [3.05, 3.63) is 77.0 Å². The first kappa shape index (κ1) is 18.5. The van der Waals surface area contributed by atoms with Crippen molar-refractivity contribution in [2.24, 2.45) is 5.10 Å². The third kappa shape index (κ3) is 3.76. The number of aromatic nitrogens is 1. The lowest BCUT2D eigenvalue weighted by molar-refractivity contribution is 0.0956. The molecule has 0 atom stereocenters. The molecule has 144 valence electrons. The van der Waals surface area contributed by atoms with Gasteiger partial charge in [0.05, 0.1) is 28.6 Å². The number of rotatable bonds is 4. The van der Waals surface area contributed by atoms with Crippen LogP contribution in [0.15, 0.2) is 70.4 Å². The van der Waals surface area contributed by atoms with Gasteiger partial charge >= 0.3 is 0 Å². The first-order chi connectivity index (χ1) is 14.0. The summed E-state index contributed by atoms with van der Waals surface area (Å²) >= 11 is 5.81. The van der Waals surface area contributed by atoms with Crippen LogP contribution in [0.2, 0.25) is 5.02 Å². The number of aromatic hydroxyl groups is 2. The molecule has 4 aromatic rings. The van der Waals surface area contributed by atoms with Crippen molar-refractivity contribution in [2.75, 3.05) is 0 Å². The minimum absolute atomic E-state index is 0.0269. The zero-order chi connectivity index (χ0) is 20.4. The molecule has 1 amide bonds. The van der Waals surface area contributed by atoms with Crippen LogP contribution in [-0.2, 0) is 0 Å². The van der Waals surface area contributed by atoms with Crippen LogP contribution >= 0.6 is 11.6 Å². The molecule has 2 aromatic carbocycles. The van der Waals surface area contributed by atoms with Gasteiger partial charge in [0.1, 0.15) is 5.69 Å². The second-order valence-corrected chi connectivity index (χ2v) is 6.53. The Balaban J connectivity index is 1.65. The molecule has 0 spiro atoms. The molecule has 0 unspecified atom stereocenters. The number of hydrogen-bond acceptors (Lipinski definition) is 6. The van der Waals surface area contributed by atoms with Gasteiger partial charge in [-0.05, 0) is 42.0 Å². The molecule has 0 fully saturated rings. The minimum atomic E-state index is -0.443. The predicted molar refractivity (Wildman–Crippen MR) is 109 cm³/mol. The van der Waals surface area contributed by atoms with E-state index < -0.39 is 11.7 Å². The zero-order valence-corrected chi connectivity index (χ0v) is 15.6. The number of phenolic OH excluding ortho intramolecular Hbond substituents is 2. The number of furan rings is 1. The molecule has 0 aliphatic carbocycles. The Morgan fingerprint density at radius 2 is 1.97 bits per heavy atom. The number of nitrogens with zero attached hydrogens (tertiary/aromatic N) is 2. The normalized spacial score (nSPS) is 11.2. The Bertz CT molecular complexity index is 1210. The van der Waals surface area contributed by atoms with E-state index in [1.165, 1.54) is 24.6 Å². The van der Waals surface area contributed by atoms with Crippen LogP contribution in [0.3, 0.4) is 0 Å². The van der Waals surface area contributed by atoms with Crippen molar-refractivity contribution in [1.82, 2.24) is 10.4 Å². The molecular formula is C21H14ClN3O4. The molecule has 29 heavy (non-hydrogen) atoms. The Morgan fingerprint density at radius 3 is 2.72 bits per heavy atom. The number of benzene rings is 2. The predicted octanol–water partition coefficient (Wildman–Crippen LogP) is 4.32. The first-order valence-corrected chi connectivity index (χ1v) is 8.89. The molecule has 8 heteroatoms. The van der Waals surface area contributed by atoms with Crippen LogP contribution in [-0.4, -0.2) is 27.3 Å². The second kappa shape index (κ2) is 7.65. The van der Waals surface area contributed by atoms with Crippen LogP contribution in [0.5, 0.6) is 11.5 Å². The number of phenols is 2. The van der Waals surface area contributed by atoms with Crippen LogP contribution < -0.4 is 5.43 Å². The molecule has 0 aliphatic heterocycles. The lowest BCUT2D eigenvalue weighted by atomic mass is 10.1. The van der Waals surface area contributed by atoms with Crippen LogP contribution in [0.4, 0.5) is 0 Å². The topological polar surface area (TPSA) is 108 Å². The van der Waals surface area contributed by atoms with Gasteiger partial charge in [0.15, 0.2) is 17.3 Å². The highest BCUT2D eigenvalue weighted by Gasteiger charge is 2.14. The summed E-state index contributed by atoms with van der Waals surface area (Å²) < 4.78 is 5.39. The van der Waals surface area contributed by atoms with E-state index >= 15 is 0 Å². The first-order valence-electron chi connectivity index (χ1n) is 8.51. The number of amides is 1. The average molecular weight is 408 g/mol.